The molecular formula is C15H18O2. The number of hydrogen-bond acceptors (Lipinski definition) is 2. The second-order valence-corrected chi connectivity index (χ2v) is 3.85. The van der Waals surface area contributed by atoms with Gasteiger partial charge < -0.3 is 4.74 Å². The monoisotopic (exact) mass is 230 g/mol. The highest BCUT2D eigenvalue weighted by Gasteiger charge is 2.02. The molecule has 0 aliphatic rings. The second-order valence-electron chi connectivity index (χ2n) is 3.85. The number of esters is 1. The van der Waals surface area contributed by atoms with Gasteiger partial charge in [0, 0.05) is 13.3 Å². The fraction of sp³-hybridized carbons (Fsp3) is 0.400. The van der Waals surface area contributed by atoms with E-state index in [1.165, 1.54) is 19.8 Å². The Morgan fingerprint density at radius 3 is 2.76 bits per heavy atom. The Bertz CT molecular complexity index is 424. The van der Waals surface area contributed by atoms with Crippen LogP contribution in [0.3, 0.4) is 0 Å². The first-order valence-electron chi connectivity index (χ1n) is 6.00. The van der Waals surface area contributed by atoms with Crippen LogP contribution in [0.25, 0.3) is 0 Å². The van der Waals surface area contributed by atoms with Crippen LogP contribution in [0, 0.1) is 11.8 Å². The highest BCUT2D eigenvalue weighted by molar-refractivity contribution is 5.70. The van der Waals surface area contributed by atoms with Crippen molar-refractivity contribution >= 4 is 5.97 Å². The molecule has 0 saturated heterocycles. The second kappa shape index (κ2) is 7.51. The zero-order valence-electron chi connectivity index (χ0n) is 10.5. The summed E-state index contributed by atoms with van der Waals surface area (Å²) in [4.78, 5) is 10.9. The third-order valence-electron chi connectivity index (χ3n) is 2.27. The van der Waals surface area contributed by atoms with Crippen LogP contribution in [-0.4, -0.2) is 5.97 Å². The van der Waals surface area contributed by atoms with Crippen LogP contribution in [0.4, 0.5) is 0 Å². The molecule has 0 saturated carbocycles. The maximum atomic E-state index is 10.9. The Labute approximate surface area is 103 Å². The van der Waals surface area contributed by atoms with E-state index in [9.17, 15) is 4.79 Å². The van der Waals surface area contributed by atoms with Crippen molar-refractivity contribution < 1.29 is 9.53 Å². The average molecular weight is 230 g/mol. The SMILES string of the molecule is CCCCCC#Cc1ccccc1OC(C)=O. The Kier molecular flexibility index (Phi) is 5.88. The van der Waals surface area contributed by atoms with Gasteiger partial charge in [0.2, 0.25) is 0 Å². The molecule has 0 fully saturated rings. The lowest BCUT2D eigenvalue weighted by Crippen LogP contribution is -2.02. The van der Waals surface area contributed by atoms with Crippen molar-refractivity contribution in [2.24, 2.45) is 0 Å². The molecule has 0 aliphatic heterocycles. The van der Waals surface area contributed by atoms with E-state index in [4.69, 9.17) is 4.74 Å². The quantitative estimate of drug-likeness (QED) is 0.342. The van der Waals surface area contributed by atoms with E-state index < -0.39 is 0 Å². The summed E-state index contributed by atoms with van der Waals surface area (Å²) in [5.41, 5.74) is 0.777. The molecule has 0 spiro atoms. The van der Waals surface area contributed by atoms with Crippen LogP contribution in [0.1, 0.15) is 45.1 Å². The first kappa shape index (κ1) is 13.3. The zero-order valence-corrected chi connectivity index (χ0v) is 10.5. The molecule has 0 radical (unpaired) electrons. The van der Waals surface area contributed by atoms with Crippen LogP contribution in [0.15, 0.2) is 24.3 Å². The number of unbranched alkanes of at least 4 members (excludes halogenated alkanes) is 3. The summed E-state index contributed by atoms with van der Waals surface area (Å²) in [6.07, 6.45) is 4.42. The molecule has 2 nitrogen and oxygen atoms in total. The lowest BCUT2D eigenvalue weighted by Gasteiger charge is -2.02. The Morgan fingerprint density at radius 2 is 2.06 bits per heavy atom. The fourth-order valence-electron chi connectivity index (χ4n) is 1.43. The van der Waals surface area contributed by atoms with Crippen molar-refractivity contribution in [3.63, 3.8) is 0 Å². The van der Waals surface area contributed by atoms with Crippen molar-refractivity contribution in [1.29, 1.82) is 0 Å². The van der Waals surface area contributed by atoms with Crippen molar-refractivity contribution in [3.05, 3.63) is 29.8 Å². The van der Waals surface area contributed by atoms with Crippen LogP contribution >= 0.6 is 0 Å². The number of carbonyl (C=O) groups excluding carboxylic acids is 1. The fourth-order valence-corrected chi connectivity index (χ4v) is 1.43. The average Bonchev–Trinajstić information content (AvgIpc) is 2.30. The standard InChI is InChI=1S/C15H18O2/c1-3-4-5-6-7-10-14-11-8-9-12-15(14)17-13(2)16/h8-9,11-12H,3-6H2,1-2H3. The third-order valence-corrected chi connectivity index (χ3v) is 2.27. The molecule has 0 bridgehead atoms. The highest BCUT2D eigenvalue weighted by atomic mass is 16.5. The Balaban J connectivity index is 2.65. The highest BCUT2D eigenvalue weighted by Crippen LogP contribution is 2.16. The summed E-state index contributed by atoms with van der Waals surface area (Å²) in [5, 5.41) is 0. The topological polar surface area (TPSA) is 26.3 Å². The van der Waals surface area contributed by atoms with Gasteiger partial charge in [0.15, 0.2) is 0 Å². The minimum atomic E-state index is -0.315. The van der Waals surface area contributed by atoms with E-state index in [1.54, 1.807) is 6.07 Å². The number of carbonyl (C=O) groups is 1. The molecule has 1 rings (SSSR count). The van der Waals surface area contributed by atoms with Crippen molar-refractivity contribution in [3.8, 4) is 17.6 Å². The first-order chi connectivity index (χ1) is 8.24. The van der Waals surface area contributed by atoms with Gasteiger partial charge in [-0.3, -0.25) is 4.79 Å². The van der Waals surface area contributed by atoms with Crippen molar-refractivity contribution in [1.82, 2.24) is 0 Å². The van der Waals surface area contributed by atoms with Crippen LogP contribution < -0.4 is 4.74 Å². The van der Waals surface area contributed by atoms with Crippen molar-refractivity contribution in [2.75, 3.05) is 0 Å². The van der Waals surface area contributed by atoms with Crippen LogP contribution in [0.2, 0.25) is 0 Å². The van der Waals surface area contributed by atoms with Gasteiger partial charge in [-0.15, -0.1) is 0 Å². The predicted molar refractivity (Wildman–Crippen MR) is 68.8 cm³/mol. The molecule has 0 aliphatic carbocycles. The zero-order chi connectivity index (χ0) is 12.5. The van der Waals surface area contributed by atoms with E-state index >= 15 is 0 Å². The maximum Gasteiger partial charge on any atom is 0.308 e. The molecule has 90 valence electrons. The summed E-state index contributed by atoms with van der Waals surface area (Å²) in [5.74, 6) is 6.39. The Morgan fingerprint density at radius 1 is 1.29 bits per heavy atom. The van der Waals surface area contributed by atoms with Gasteiger partial charge in [0.1, 0.15) is 5.75 Å². The minimum absolute atomic E-state index is 0.315. The third kappa shape index (κ3) is 5.21. The van der Waals surface area contributed by atoms with E-state index in [1.807, 2.05) is 18.2 Å². The normalized spacial score (nSPS) is 9.29. The van der Waals surface area contributed by atoms with Gasteiger partial charge in [0.25, 0.3) is 0 Å². The molecule has 0 N–H and O–H groups in total. The maximum absolute atomic E-state index is 10.9. The molecule has 1 aromatic carbocycles. The first-order valence-corrected chi connectivity index (χ1v) is 6.00. The molecule has 0 heterocycles. The van der Waals surface area contributed by atoms with E-state index in [-0.39, 0.29) is 5.97 Å². The number of para-hydroxylation sites is 1. The number of hydrogen-bond donors (Lipinski definition) is 0. The van der Waals surface area contributed by atoms with Crippen molar-refractivity contribution in [2.45, 2.75) is 39.5 Å². The molecule has 2 heteroatoms. The van der Waals surface area contributed by atoms with Gasteiger partial charge in [-0.25, -0.2) is 0 Å². The smallest absolute Gasteiger partial charge is 0.308 e. The number of benzene rings is 1. The number of ether oxygens (including phenoxy) is 1. The van der Waals surface area contributed by atoms with Crippen LogP contribution in [0.5, 0.6) is 5.75 Å². The van der Waals surface area contributed by atoms with E-state index in [2.05, 4.69) is 18.8 Å². The molecule has 17 heavy (non-hydrogen) atoms. The lowest BCUT2D eigenvalue weighted by molar-refractivity contribution is -0.131. The van der Waals surface area contributed by atoms with Gasteiger partial charge in [-0.05, 0) is 18.6 Å². The molecule has 1 aromatic rings. The van der Waals surface area contributed by atoms with Gasteiger partial charge >= 0.3 is 5.97 Å². The summed E-state index contributed by atoms with van der Waals surface area (Å²) in [6, 6.07) is 7.35. The van der Waals surface area contributed by atoms with Gasteiger partial charge in [0.05, 0.1) is 5.56 Å². The summed E-state index contributed by atoms with van der Waals surface area (Å²) in [6.45, 7) is 3.56. The lowest BCUT2D eigenvalue weighted by atomic mass is 10.1. The Hall–Kier alpha value is -1.75. The summed E-state index contributed by atoms with van der Waals surface area (Å²) in [7, 11) is 0. The largest absolute Gasteiger partial charge is 0.425 e. The molecule has 0 aromatic heterocycles. The molecular weight excluding hydrogens is 212 g/mol. The minimum Gasteiger partial charge on any atom is -0.425 e. The predicted octanol–water partition coefficient (Wildman–Crippen LogP) is 3.54. The summed E-state index contributed by atoms with van der Waals surface area (Å²) < 4.78 is 5.08. The summed E-state index contributed by atoms with van der Waals surface area (Å²) >= 11 is 0. The number of rotatable bonds is 4. The molecule has 0 unspecified atom stereocenters. The van der Waals surface area contributed by atoms with Gasteiger partial charge in [-0.2, -0.15) is 0 Å². The van der Waals surface area contributed by atoms with Crippen LogP contribution in [-0.2, 0) is 4.79 Å². The van der Waals surface area contributed by atoms with Gasteiger partial charge in [-0.1, -0.05) is 43.7 Å². The molecule has 0 amide bonds. The van der Waals surface area contributed by atoms with E-state index in [0.29, 0.717) is 5.75 Å². The molecule has 0 atom stereocenters. The van der Waals surface area contributed by atoms with E-state index in [0.717, 1.165) is 18.4 Å².